The summed E-state index contributed by atoms with van der Waals surface area (Å²) in [6.07, 6.45) is 4.74. The molecule has 1 aliphatic carbocycles. The molecule has 1 aromatic rings. The summed E-state index contributed by atoms with van der Waals surface area (Å²) in [5.74, 6) is 0.712. The van der Waals surface area contributed by atoms with Crippen molar-refractivity contribution < 1.29 is 4.74 Å². The Balaban J connectivity index is 2.20. The van der Waals surface area contributed by atoms with Crippen LogP contribution in [0.25, 0.3) is 0 Å². The van der Waals surface area contributed by atoms with E-state index in [1.165, 1.54) is 18.5 Å². The molecule has 1 N–H and O–H groups in total. The molecule has 2 rings (SSSR count). The van der Waals surface area contributed by atoms with Gasteiger partial charge in [-0.3, -0.25) is 4.68 Å². The second-order valence-electron chi connectivity index (χ2n) is 4.64. The van der Waals surface area contributed by atoms with Gasteiger partial charge in [-0.25, -0.2) is 0 Å². The molecule has 4 nitrogen and oxygen atoms in total. The van der Waals surface area contributed by atoms with Gasteiger partial charge in [0, 0.05) is 19.9 Å². The van der Waals surface area contributed by atoms with Crippen LogP contribution in [-0.4, -0.2) is 29.5 Å². The van der Waals surface area contributed by atoms with E-state index >= 15 is 0 Å². The normalized spacial score (nSPS) is 19.2. The number of methoxy groups -OCH3 is 1. The van der Waals surface area contributed by atoms with E-state index in [9.17, 15) is 0 Å². The van der Waals surface area contributed by atoms with E-state index in [1.54, 1.807) is 0 Å². The standard InChI is InChI=1S/C13H23N3O/c1-4-14-12(13(17-3)10-6-7-10)11-8-9-15-16(11)5-2/h8-10,12-14H,4-7H2,1-3H3. The highest BCUT2D eigenvalue weighted by Gasteiger charge is 2.38. The minimum absolute atomic E-state index is 0.264. The van der Waals surface area contributed by atoms with Gasteiger partial charge in [0.2, 0.25) is 0 Å². The summed E-state index contributed by atoms with van der Waals surface area (Å²) in [6.45, 7) is 6.12. The zero-order chi connectivity index (χ0) is 12.3. The summed E-state index contributed by atoms with van der Waals surface area (Å²) in [5.41, 5.74) is 1.24. The van der Waals surface area contributed by atoms with E-state index in [0.717, 1.165) is 13.1 Å². The third-order valence-electron chi connectivity index (χ3n) is 3.48. The summed E-state index contributed by atoms with van der Waals surface area (Å²) >= 11 is 0. The SMILES string of the molecule is CCNC(c1ccnn1CC)C(OC)C1CC1. The van der Waals surface area contributed by atoms with Crippen molar-refractivity contribution in [3.8, 4) is 0 Å². The molecule has 0 aromatic carbocycles. The highest BCUT2D eigenvalue weighted by atomic mass is 16.5. The maximum Gasteiger partial charge on any atom is 0.0809 e. The Labute approximate surface area is 103 Å². The maximum atomic E-state index is 5.71. The monoisotopic (exact) mass is 237 g/mol. The van der Waals surface area contributed by atoms with Crippen LogP contribution in [-0.2, 0) is 11.3 Å². The molecule has 0 bridgehead atoms. The van der Waals surface area contributed by atoms with Crippen LogP contribution in [0.3, 0.4) is 0 Å². The number of hydrogen-bond donors (Lipinski definition) is 1. The van der Waals surface area contributed by atoms with Crippen molar-refractivity contribution in [1.29, 1.82) is 0 Å². The highest BCUT2D eigenvalue weighted by molar-refractivity contribution is 5.11. The average molecular weight is 237 g/mol. The Bertz CT molecular complexity index is 346. The molecule has 1 fully saturated rings. The summed E-state index contributed by atoms with van der Waals surface area (Å²) in [4.78, 5) is 0. The largest absolute Gasteiger partial charge is 0.379 e. The van der Waals surface area contributed by atoms with Gasteiger partial charge in [-0.1, -0.05) is 6.92 Å². The summed E-state index contributed by atoms with van der Waals surface area (Å²) in [6, 6.07) is 2.37. The molecule has 96 valence electrons. The molecular formula is C13H23N3O. The molecule has 1 aromatic heterocycles. The number of nitrogens with zero attached hydrogens (tertiary/aromatic N) is 2. The van der Waals surface area contributed by atoms with E-state index in [-0.39, 0.29) is 12.1 Å². The van der Waals surface area contributed by atoms with Gasteiger partial charge in [-0.2, -0.15) is 5.10 Å². The molecule has 1 heterocycles. The van der Waals surface area contributed by atoms with Crippen LogP contribution in [0.15, 0.2) is 12.3 Å². The molecule has 0 saturated heterocycles. The van der Waals surface area contributed by atoms with E-state index in [1.807, 2.05) is 13.3 Å². The second kappa shape index (κ2) is 5.65. The predicted molar refractivity (Wildman–Crippen MR) is 67.8 cm³/mol. The maximum absolute atomic E-state index is 5.71. The molecule has 2 atom stereocenters. The molecular weight excluding hydrogens is 214 g/mol. The minimum atomic E-state index is 0.264. The number of ether oxygens (including phenoxy) is 1. The Morgan fingerprint density at radius 1 is 1.53 bits per heavy atom. The van der Waals surface area contributed by atoms with Crippen LogP contribution < -0.4 is 5.32 Å². The molecule has 4 heteroatoms. The molecule has 0 radical (unpaired) electrons. The van der Waals surface area contributed by atoms with Crippen molar-refractivity contribution in [2.24, 2.45) is 5.92 Å². The summed E-state index contributed by atoms with van der Waals surface area (Å²) in [7, 11) is 1.82. The van der Waals surface area contributed by atoms with E-state index in [4.69, 9.17) is 4.74 Å². The van der Waals surface area contributed by atoms with Gasteiger partial charge in [-0.15, -0.1) is 0 Å². The van der Waals surface area contributed by atoms with Gasteiger partial charge in [0.25, 0.3) is 0 Å². The Hall–Kier alpha value is -0.870. The molecule has 0 aliphatic heterocycles. The van der Waals surface area contributed by atoms with Crippen LogP contribution in [0.1, 0.15) is 38.4 Å². The van der Waals surface area contributed by atoms with E-state index in [0.29, 0.717) is 5.92 Å². The first kappa shape index (κ1) is 12.6. The topological polar surface area (TPSA) is 39.1 Å². The molecule has 0 spiro atoms. The number of rotatable bonds is 7. The summed E-state index contributed by atoms with van der Waals surface area (Å²) in [5, 5.41) is 7.90. The quantitative estimate of drug-likeness (QED) is 0.788. The van der Waals surface area contributed by atoms with Crippen LogP contribution in [0.4, 0.5) is 0 Å². The fourth-order valence-electron chi connectivity index (χ4n) is 2.51. The van der Waals surface area contributed by atoms with Crippen molar-refractivity contribution in [3.63, 3.8) is 0 Å². The third-order valence-corrected chi connectivity index (χ3v) is 3.48. The van der Waals surface area contributed by atoms with E-state index < -0.39 is 0 Å². The number of aromatic nitrogens is 2. The second-order valence-corrected chi connectivity index (χ2v) is 4.64. The Morgan fingerprint density at radius 3 is 2.82 bits per heavy atom. The van der Waals surface area contributed by atoms with Crippen LogP contribution in [0.2, 0.25) is 0 Å². The lowest BCUT2D eigenvalue weighted by Crippen LogP contribution is -2.36. The van der Waals surface area contributed by atoms with Crippen molar-refractivity contribution >= 4 is 0 Å². The molecule has 1 aliphatic rings. The van der Waals surface area contributed by atoms with Crippen molar-refractivity contribution in [3.05, 3.63) is 18.0 Å². The number of likely N-dealkylation sites (N-methyl/N-ethyl adjacent to an activating group) is 1. The van der Waals surface area contributed by atoms with Crippen molar-refractivity contribution in [1.82, 2.24) is 15.1 Å². The predicted octanol–water partition coefficient (Wildman–Crippen LogP) is 1.98. The third kappa shape index (κ3) is 2.69. The lowest BCUT2D eigenvalue weighted by Gasteiger charge is -2.27. The van der Waals surface area contributed by atoms with Crippen molar-refractivity contribution in [2.45, 2.75) is 45.4 Å². The van der Waals surface area contributed by atoms with E-state index in [2.05, 4.69) is 35.0 Å². The molecule has 1 saturated carbocycles. The number of hydrogen-bond acceptors (Lipinski definition) is 3. The average Bonchev–Trinajstić information content (AvgIpc) is 3.06. The van der Waals surface area contributed by atoms with Gasteiger partial charge in [-0.05, 0) is 38.3 Å². The van der Waals surface area contributed by atoms with Gasteiger partial charge in [0.05, 0.1) is 17.8 Å². The van der Waals surface area contributed by atoms with Gasteiger partial charge in [0.1, 0.15) is 0 Å². The first-order valence-corrected chi connectivity index (χ1v) is 6.59. The zero-order valence-corrected chi connectivity index (χ0v) is 11.0. The van der Waals surface area contributed by atoms with Gasteiger partial charge < -0.3 is 10.1 Å². The van der Waals surface area contributed by atoms with Crippen molar-refractivity contribution in [2.75, 3.05) is 13.7 Å². The van der Waals surface area contributed by atoms with Gasteiger partial charge >= 0.3 is 0 Å². The summed E-state index contributed by atoms with van der Waals surface area (Å²) < 4.78 is 7.77. The number of aryl methyl sites for hydroxylation is 1. The molecule has 2 unspecified atom stereocenters. The molecule has 17 heavy (non-hydrogen) atoms. The lowest BCUT2D eigenvalue weighted by molar-refractivity contribution is 0.0485. The first-order chi connectivity index (χ1) is 8.31. The fourth-order valence-corrected chi connectivity index (χ4v) is 2.51. The minimum Gasteiger partial charge on any atom is -0.379 e. The number of nitrogens with one attached hydrogen (secondary N) is 1. The smallest absolute Gasteiger partial charge is 0.0809 e. The highest BCUT2D eigenvalue weighted by Crippen LogP contribution is 2.39. The molecule has 0 amide bonds. The van der Waals surface area contributed by atoms with Crippen LogP contribution in [0.5, 0.6) is 0 Å². The first-order valence-electron chi connectivity index (χ1n) is 6.59. The Kier molecular flexibility index (Phi) is 4.18. The lowest BCUT2D eigenvalue weighted by atomic mass is 10.0. The fraction of sp³-hybridized carbons (Fsp3) is 0.769. The zero-order valence-electron chi connectivity index (χ0n) is 11.0. The van der Waals surface area contributed by atoms with Crippen LogP contribution >= 0.6 is 0 Å². The van der Waals surface area contributed by atoms with Gasteiger partial charge in [0.15, 0.2) is 0 Å². The van der Waals surface area contributed by atoms with Crippen LogP contribution in [0, 0.1) is 5.92 Å². The Morgan fingerprint density at radius 2 is 2.29 bits per heavy atom.